The molecule has 0 aliphatic rings. The van der Waals surface area contributed by atoms with E-state index in [2.05, 4.69) is 4.74 Å². The maximum atomic E-state index is 12.4. The number of carbonyl (C=O) groups is 2. The highest BCUT2D eigenvalue weighted by Gasteiger charge is 2.30. The first-order chi connectivity index (χ1) is 8.79. The van der Waals surface area contributed by atoms with Crippen molar-refractivity contribution in [3.8, 4) is 5.75 Å². The van der Waals surface area contributed by atoms with Gasteiger partial charge in [-0.15, -0.1) is 0 Å². The monoisotopic (exact) mass is 277 g/mol. The van der Waals surface area contributed by atoms with E-state index in [1.165, 1.54) is 6.07 Å². The minimum atomic E-state index is -4.49. The van der Waals surface area contributed by atoms with Crippen molar-refractivity contribution in [3.05, 3.63) is 29.8 Å². The number of benzene rings is 1. The third-order valence-electron chi connectivity index (χ3n) is 1.89. The Morgan fingerprint density at radius 3 is 2.47 bits per heavy atom. The van der Waals surface area contributed by atoms with Gasteiger partial charge in [0.2, 0.25) is 0 Å². The molecule has 0 saturated heterocycles. The minimum absolute atomic E-state index is 0.133. The van der Waals surface area contributed by atoms with Crippen LogP contribution in [0.4, 0.5) is 13.2 Å². The van der Waals surface area contributed by atoms with Crippen LogP contribution in [0.5, 0.6) is 5.75 Å². The van der Waals surface area contributed by atoms with Crippen molar-refractivity contribution in [2.24, 2.45) is 5.73 Å². The Bertz CT molecular complexity index is 473. The molecule has 0 fully saturated rings. The summed E-state index contributed by atoms with van der Waals surface area (Å²) in [5.41, 5.74) is 3.84. The molecule has 0 bridgehead atoms. The van der Waals surface area contributed by atoms with Gasteiger partial charge >= 0.3 is 12.1 Å². The molecule has 5 nitrogen and oxygen atoms in total. The molecule has 2 N–H and O–H groups in total. The molecule has 0 unspecified atom stereocenters. The molecule has 0 spiro atoms. The molecule has 1 aromatic carbocycles. The first-order valence-corrected chi connectivity index (χ1v) is 5.03. The van der Waals surface area contributed by atoms with Gasteiger partial charge in [0.25, 0.3) is 5.91 Å². The third-order valence-corrected chi connectivity index (χ3v) is 1.89. The molecule has 0 atom stereocenters. The number of esters is 1. The molecule has 0 heterocycles. The van der Waals surface area contributed by atoms with Crippen molar-refractivity contribution in [1.29, 1.82) is 0 Å². The number of alkyl halides is 3. The van der Waals surface area contributed by atoms with Crippen LogP contribution in [0.15, 0.2) is 24.3 Å². The Morgan fingerprint density at radius 1 is 1.21 bits per heavy atom. The molecule has 104 valence electrons. The van der Waals surface area contributed by atoms with E-state index in [0.717, 1.165) is 18.2 Å². The number of ether oxygens (including phenoxy) is 2. The van der Waals surface area contributed by atoms with E-state index in [9.17, 15) is 22.8 Å². The molecule has 1 aromatic rings. The van der Waals surface area contributed by atoms with E-state index in [0.29, 0.717) is 0 Å². The van der Waals surface area contributed by atoms with Gasteiger partial charge in [0.1, 0.15) is 5.75 Å². The number of rotatable bonds is 5. The molecule has 0 aliphatic heterocycles. The smallest absolute Gasteiger partial charge is 0.416 e. The zero-order valence-corrected chi connectivity index (χ0v) is 9.57. The normalized spacial score (nSPS) is 10.9. The first-order valence-electron chi connectivity index (χ1n) is 5.03. The van der Waals surface area contributed by atoms with Crippen LogP contribution >= 0.6 is 0 Å². The maximum absolute atomic E-state index is 12.4. The molecule has 8 heteroatoms. The molecule has 0 aliphatic carbocycles. The number of carbonyl (C=O) groups excluding carboxylic acids is 2. The van der Waals surface area contributed by atoms with Crippen LogP contribution in [0.1, 0.15) is 5.56 Å². The summed E-state index contributed by atoms with van der Waals surface area (Å²) in [5, 5.41) is 0. The van der Waals surface area contributed by atoms with Crippen LogP contribution in [0.25, 0.3) is 0 Å². The summed E-state index contributed by atoms with van der Waals surface area (Å²) in [5.74, 6) is -1.88. The molecule has 19 heavy (non-hydrogen) atoms. The van der Waals surface area contributed by atoms with Gasteiger partial charge in [0, 0.05) is 0 Å². The first kappa shape index (κ1) is 14.8. The van der Waals surface area contributed by atoms with Gasteiger partial charge in [0.05, 0.1) is 5.56 Å². The topological polar surface area (TPSA) is 78.6 Å². The predicted octanol–water partition coefficient (Wildman–Crippen LogP) is 1.11. The van der Waals surface area contributed by atoms with Crippen molar-refractivity contribution in [3.63, 3.8) is 0 Å². The fourth-order valence-electron chi connectivity index (χ4n) is 1.10. The highest BCUT2D eigenvalue weighted by molar-refractivity contribution is 5.79. The number of amides is 1. The van der Waals surface area contributed by atoms with E-state index in [-0.39, 0.29) is 5.75 Å². The second kappa shape index (κ2) is 6.07. The Morgan fingerprint density at radius 2 is 1.89 bits per heavy atom. The van der Waals surface area contributed by atoms with Crippen LogP contribution in [0.3, 0.4) is 0 Å². The second-order valence-corrected chi connectivity index (χ2v) is 3.44. The highest BCUT2D eigenvalue weighted by atomic mass is 19.4. The molecule has 0 radical (unpaired) electrons. The number of hydrogen-bond donors (Lipinski definition) is 1. The summed E-state index contributed by atoms with van der Waals surface area (Å²) < 4.78 is 46.3. The molecule has 0 aromatic heterocycles. The quantitative estimate of drug-likeness (QED) is 0.818. The SMILES string of the molecule is NC(=O)COC(=O)COc1cccc(C(F)(F)F)c1. The van der Waals surface area contributed by atoms with Gasteiger partial charge in [-0.1, -0.05) is 6.07 Å². The lowest BCUT2D eigenvalue weighted by Crippen LogP contribution is -2.23. The molecule has 0 saturated carbocycles. The van der Waals surface area contributed by atoms with Gasteiger partial charge in [-0.05, 0) is 18.2 Å². The lowest BCUT2D eigenvalue weighted by Gasteiger charge is -2.09. The fraction of sp³-hybridized carbons (Fsp3) is 0.273. The van der Waals surface area contributed by atoms with Gasteiger partial charge in [-0.25, -0.2) is 4.79 Å². The Balaban J connectivity index is 2.54. The number of primary amides is 1. The minimum Gasteiger partial charge on any atom is -0.482 e. The average Bonchev–Trinajstić information content (AvgIpc) is 2.33. The standard InChI is InChI=1S/C11H10F3NO4/c12-11(13,14)7-2-1-3-8(4-7)18-6-10(17)19-5-9(15)16/h1-4H,5-6H2,(H2,15,16). The van der Waals surface area contributed by atoms with Crippen molar-refractivity contribution in [2.75, 3.05) is 13.2 Å². The van der Waals surface area contributed by atoms with Gasteiger partial charge in [-0.3, -0.25) is 4.79 Å². The van der Waals surface area contributed by atoms with E-state index in [4.69, 9.17) is 10.5 Å². The van der Waals surface area contributed by atoms with E-state index < -0.39 is 36.8 Å². The molecule has 1 amide bonds. The summed E-state index contributed by atoms with van der Waals surface area (Å²) in [4.78, 5) is 21.3. The highest BCUT2D eigenvalue weighted by Crippen LogP contribution is 2.31. The Labute approximate surface area is 106 Å². The molecule has 1 rings (SSSR count). The van der Waals surface area contributed by atoms with Crippen LogP contribution in [-0.4, -0.2) is 25.1 Å². The zero-order chi connectivity index (χ0) is 14.5. The van der Waals surface area contributed by atoms with Crippen LogP contribution < -0.4 is 10.5 Å². The summed E-state index contributed by atoms with van der Waals surface area (Å²) in [7, 11) is 0. The lowest BCUT2D eigenvalue weighted by atomic mass is 10.2. The van der Waals surface area contributed by atoms with Crippen LogP contribution in [0.2, 0.25) is 0 Å². The van der Waals surface area contributed by atoms with E-state index in [1.807, 2.05) is 0 Å². The van der Waals surface area contributed by atoms with Crippen LogP contribution in [-0.2, 0) is 20.5 Å². The Kier molecular flexibility index (Phi) is 4.74. The van der Waals surface area contributed by atoms with Crippen molar-refractivity contribution >= 4 is 11.9 Å². The fourth-order valence-corrected chi connectivity index (χ4v) is 1.10. The number of hydrogen-bond acceptors (Lipinski definition) is 4. The van der Waals surface area contributed by atoms with Crippen LogP contribution in [0, 0.1) is 0 Å². The van der Waals surface area contributed by atoms with E-state index in [1.54, 1.807) is 0 Å². The van der Waals surface area contributed by atoms with E-state index >= 15 is 0 Å². The molecular formula is C11H10F3NO4. The van der Waals surface area contributed by atoms with Gasteiger partial charge in [-0.2, -0.15) is 13.2 Å². The summed E-state index contributed by atoms with van der Waals surface area (Å²) in [6.07, 6.45) is -4.49. The number of halogens is 3. The zero-order valence-electron chi connectivity index (χ0n) is 9.57. The second-order valence-electron chi connectivity index (χ2n) is 3.44. The largest absolute Gasteiger partial charge is 0.482 e. The number of nitrogens with two attached hydrogens (primary N) is 1. The predicted molar refractivity (Wildman–Crippen MR) is 57.1 cm³/mol. The van der Waals surface area contributed by atoms with Gasteiger partial charge in [0.15, 0.2) is 13.2 Å². The Hall–Kier alpha value is -2.25. The van der Waals surface area contributed by atoms with Crippen molar-refractivity contribution in [2.45, 2.75) is 6.18 Å². The lowest BCUT2D eigenvalue weighted by molar-refractivity contribution is -0.149. The average molecular weight is 277 g/mol. The van der Waals surface area contributed by atoms with Crippen molar-refractivity contribution in [1.82, 2.24) is 0 Å². The van der Waals surface area contributed by atoms with Crippen molar-refractivity contribution < 1.29 is 32.2 Å². The third kappa shape index (κ3) is 5.28. The summed E-state index contributed by atoms with van der Waals surface area (Å²) >= 11 is 0. The molecular weight excluding hydrogens is 267 g/mol. The summed E-state index contributed by atoms with van der Waals surface area (Å²) in [6.45, 7) is -1.22. The van der Waals surface area contributed by atoms with Gasteiger partial charge < -0.3 is 15.2 Å². The summed E-state index contributed by atoms with van der Waals surface area (Å²) in [6, 6.07) is 4.03. The maximum Gasteiger partial charge on any atom is 0.416 e.